The van der Waals surface area contributed by atoms with E-state index in [0.29, 0.717) is 0 Å². The van der Waals surface area contributed by atoms with Crippen molar-refractivity contribution in [2.75, 3.05) is 0 Å². The molecular formula is C28H22. The second-order valence-electron chi connectivity index (χ2n) is 8.12. The van der Waals surface area contributed by atoms with Gasteiger partial charge in [-0.3, -0.25) is 0 Å². The molecule has 0 bridgehead atoms. The summed E-state index contributed by atoms with van der Waals surface area (Å²) in [5, 5.41) is 0. The van der Waals surface area contributed by atoms with Crippen molar-refractivity contribution >= 4 is 0 Å². The second-order valence-corrected chi connectivity index (χ2v) is 8.12. The van der Waals surface area contributed by atoms with Crippen LogP contribution in [0, 0.1) is 6.92 Å². The summed E-state index contributed by atoms with van der Waals surface area (Å²) in [4.78, 5) is 0. The van der Waals surface area contributed by atoms with Crippen LogP contribution in [0.5, 0.6) is 0 Å². The van der Waals surface area contributed by atoms with Gasteiger partial charge in [-0.2, -0.15) is 0 Å². The van der Waals surface area contributed by atoms with E-state index in [0.717, 1.165) is 6.42 Å². The zero-order chi connectivity index (χ0) is 18.9. The average Bonchev–Trinajstić information content (AvgIpc) is 3.20. The summed E-state index contributed by atoms with van der Waals surface area (Å²) in [5.74, 6) is 0. The molecule has 1 unspecified atom stereocenters. The molecule has 0 aromatic heterocycles. The Morgan fingerprint density at radius 3 is 1.75 bits per heavy atom. The first-order chi connectivity index (χ1) is 13.7. The van der Waals surface area contributed by atoms with Crippen molar-refractivity contribution in [3.8, 4) is 22.3 Å². The molecule has 0 saturated carbocycles. The van der Waals surface area contributed by atoms with Gasteiger partial charge in [0.1, 0.15) is 0 Å². The Bertz CT molecular complexity index is 1250. The van der Waals surface area contributed by atoms with Gasteiger partial charge in [0.25, 0.3) is 0 Å². The molecule has 4 aromatic carbocycles. The second kappa shape index (κ2) is 5.45. The Hall–Kier alpha value is -3.12. The van der Waals surface area contributed by atoms with Gasteiger partial charge in [0.2, 0.25) is 0 Å². The minimum atomic E-state index is -0.199. The molecule has 2 aliphatic rings. The molecule has 28 heavy (non-hydrogen) atoms. The number of hydrogen-bond acceptors (Lipinski definition) is 0. The number of benzene rings is 4. The molecule has 1 atom stereocenters. The number of fused-ring (bicyclic) bond motifs is 10. The summed E-state index contributed by atoms with van der Waals surface area (Å²) in [6.45, 7) is 4.46. The molecule has 0 saturated heterocycles. The van der Waals surface area contributed by atoms with Crippen LogP contribution in [0.3, 0.4) is 0 Å². The minimum Gasteiger partial charge on any atom is -0.0619 e. The van der Waals surface area contributed by atoms with Crippen LogP contribution < -0.4 is 0 Å². The zero-order valence-electron chi connectivity index (χ0n) is 16.3. The molecule has 1 spiro atoms. The van der Waals surface area contributed by atoms with Gasteiger partial charge in [0.15, 0.2) is 0 Å². The third-order valence-electron chi connectivity index (χ3n) is 6.72. The van der Waals surface area contributed by atoms with Crippen molar-refractivity contribution in [3.63, 3.8) is 0 Å². The summed E-state index contributed by atoms with van der Waals surface area (Å²) in [6, 6.07) is 32.1. The van der Waals surface area contributed by atoms with E-state index in [-0.39, 0.29) is 5.41 Å². The van der Waals surface area contributed by atoms with Gasteiger partial charge >= 0.3 is 0 Å². The maximum atomic E-state index is 2.46. The molecule has 2 aliphatic carbocycles. The van der Waals surface area contributed by atoms with Crippen molar-refractivity contribution in [1.82, 2.24) is 0 Å². The third kappa shape index (κ3) is 1.76. The van der Waals surface area contributed by atoms with E-state index >= 15 is 0 Å². The van der Waals surface area contributed by atoms with E-state index in [2.05, 4.69) is 98.8 Å². The zero-order valence-corrected chi connectivity index (χ0v) is 16.3. The molecule has 134 valence electrons. The molecule has 0 heteroatoms. The summed E-state index contributed by atoms with van der Waals surface area (Å²) in [5.41, 5.74) is 13.8. The highest BCUT2D eigenvalue weighted by Crippen LogP contribution is 2.62. The Kier molecular flexibility index (Phi) is 3.09. The molecular weight excluding hydrogens is 336 g/mol. The Balaban J connectivity index is 1.85. The normalized spacial score (nSPS) is 17.9. The lowest BCUT2D eigenvalue weighted by molar-refractivity contribution is 0.790. The van der Waals surface area contributed by atoms with Crippen molar-refractivity contribution in [2.24, 2.45) is 0 Å². The Labute approximate surface area is 166 Å². The standard InChI is InChI=1S/C28H22/c1-3-19-13-15-23-21-9-5-7-11-25(21)28(27(23)17-19)24-10-6-4-8-20(24)22-14-12-18(2)16-26(22)28/h4-17H,3H2,1-2H3. The predicted octanol–water partition coefficient (Wildman–Crippen LogP) is 6.90. The largest absolute Gasteiger partial charge is 0.0725 e. The molecule has 0 amide bonds. The number of rotatable bonds is 1. The summed E-state index contributed by atoms with van der Waals surface area (Å²) in [6.07, 6.45) is 1.06. The fourth-order valence-corrected chi connectivity index (χ4v) is 5.52. The molecule has 0 fully saturated rings. The topological polar surface area (TPSA) is 0 Å². The van der Waals surface area contributed by atoms with Crippen LogP contribution in [0.1, 0.15) is 40.3 Å². The molecule has 0 aliphatic heterocycles. The molecule has 0 N–H and O–H groups in total. The lowest BCUT2D eigenvalue weighted by Gasteiger charge is -2.31. The van der Waals surface area contributed by atoms with Crippen LogP contribution in [-0.4, -0.2) is 0 Å². The highest BCUT2D eigenvalue weighted by atomic mass is 14.5. The molecule has 6 rings (SSSR count). The molecule has 4 aromatic rings. The van der Waals surface area contributed by atoms with Gasteiger partial charge in [0, 0.05) is 0 Å². The minimum absolute atomic E-state index is 0.199. The van der Waals surface area contributed by atoms with Gasteiger partial charge < -0.3 is 0 Å². The highest BCUT2D eigenvalue weighted by molar-refractivity contribution is 5.95. The van der Waals surface area contributed by atoms with Crippen LogP contribution in [0.15, 0.2) is 84.9 Å². The van der Waals surface area contributed by atoms with Crippen LogP contribution >= 0.6 is 0 Å². The van der Waals surface area contributed by atoms with E-state index in [1.807, 2.05) is 0 Å². The van der Waals surface area contributed by atoms with Crippen LogP contribution in [0.4, 0.5) is 0 Å². The van der Waals surface area contributed by atoms with Gasteiger partial charge in [-0.25, -0.2) is 0 Å². The van der Waals surface area contributed by atoms with Gasteiger partial charge in [-0.15, -0.1) is 0 Å². The molecule has 0 radical (unpaired) electrons. The lowest BCUT2D eigenvalue weighted by Crippen LogP contribution is -2.26. The number of hydrogen-bond donors (Lipinski definition) is 0. The maximum Gasteiger partial charge on any atom is 0.0725 e. The highest BCUT2D eigenvalue weighted by Gasteiger charge is 2.51. The van der Waals surface area contributed by atoms with Crippen molar-refractivity contribution in [3.05, 3.63) is 118 Å². The average molecular weight is 358 g/mol. The van der Waals surface area contributed by atoms with Gasteiger partial charge in [-0.1, -0.05) is 97.4 Å². The quantitative estimate of drug-likeness (QED) is 0.300. The predicted molar refractivity (Wildman–Crippen MR) is 117 cm³/mol. The summed E-state index contributed by atoms with van der Waals surface area (Å²) >= 11 is 0. The van der Waals surface area contributed by atoms with E-state index in [1.54, 1.807) is 0 Å². The van der Waals surface area contributed by atoms with Crippen LogP contribution in [0.2, 0.25) is 0 Å². The van der Waals surface area contributed by atoms with Crippen molar-refractivity contribution in [1.29, 1.82) is 0 Å². The molecule has 0 heterocycles. The monoisotopic (exact) mass is 358 g/mol. The van der Waals surface area contributed by atoms with Crippen LogP contribution in [-0.2, 0) is 11.8 Å². The van der Waals surface area contributed by atoms with E-state index < -0.39 is 0 Å². The maximum absolute atomic E-state index is 2.46. The van der Waals surface area contributed by atoms with Crippen LogP contribution in [0.25, 0.3) is 22.3 Å². The summed E-state index contributed by atoms with van der Waals surface area (Å²) in [7, 11) is 0. The third-order valence-corrected chi connectivity index (χ3v) is 6.72. The summed E-state index contributed by atoms with van der Waals surface area (Å²) < 4.78 is 0. The fraction of sp³-hybridized carbons (Fsp3) is 0.143. The SMILES string of the molecule is CCc1ccc2c(c1)C1(c3ccccc3-c3ccc(C)cc31)c1ccccc1-2. The van der Waals surface area contributed by atoms with Crippen molar-refractivity contribution < 1.29 is 0 Å². The molecule has 0 nitrogen and oxygen atoms in total. The fourth-order valence-electron chi connectivity index (χ4n) is 5.52. The lowest BCUT2D eigenvalue weighted by atomic mass is 9.70. The van der Waals surface area contributed by atoms with E-state index in [9.17, 15) is 0 Å². The smallest absolute Gasteiger partial charge is 0.0619 e. The van der Waals surface area contributed by atoms with E-state index in [4.69, 9.17) is 0 Å². The Morgan fingerprint density at radius 1 is 0.571 bits per heavy atom. The van der Waals surface area contributed by atoms with E-state index in [1.165, 1.54) is 55.6 Å². The van der Waals surface area contributed by atoms with Gasteiger partial charge in [0.05, 0.1) is 5.41 Å². The number of aryl methyl sites for hydroxylation is 2. The Morgan fingerprint density at radius 2 is 1.11 bits per heavy atom. The first-order valence-electron chi connectivity index (χ1n) is 10.2. The van der Waals surface area contributed by atoms with Crippen molar-refractivity contribution in [2.45, 2.75) is 25.7 Å². The first kappa shape index (κ1) is 15.9. The van der Waals surface area contributed by atoms with Gasteiger partial charge in [-0.05, 0) is 63.4 Å². The first-order valence-corrected chi connectivity index (χ1v) is 10.2.